The molecule has 1 N–H and O–H groups in total. The van der Waals surface area contributed by atoms with Crippen molar-refractivity contribution < 1.29 is 14.1 Å². The van der Waals surface area contributed by atoms with E-state index in [0.29, 0.717) is 36.0 Å². The van der Waals surface area contributed by atoms with Crippen molar-refractivity contribution in [2.24, 2.45) is 0 Å². The number of rotatable bonds is 6. The van der Waals surface area contributed by atoms with E-state index in [1.165, 1.54) is 0 Å². The molecule has 1 fully saturated rings. The maximum absolute atomic E-state index is 12.6. The number of nitrogens with zero attached hydrogens (tertiary/aromatic N) is 2. The molecule has 7 heteroatoms. The Morgan fingerprint density at radius 3 is 2.81 bits per heavy atom. The van der Waals surface area contributed by atoms with E-state index in [2.05, 4.69) is 10.5 Å². The first-order chi connectivity index (χ1) is 12.5. The Hall–Kier alpha value is -2.34. The molecule has 26 heavy (non-hydrogen) atoms. The summed E-state index contributed by atoms with van der Waals surface area (Å²) >= 11 is 5.88. The van der Waals surface area contributed by atoms with Gasteiger partial charge in [0.25, 0.3) is 0 Å². The normalized spacial score (nSPS) is 16.7. The van der Waals surface area contributed by atoms with Crippen LogP contribution in [0.15, 0.2) is 34.9 Å². The van der Waals surface area contributed by atoms with Crippen molar-refractivity contribution in [1.82, 2.24) is 10.1 Å². The minimum atomic E-state index is -0.435. The molecule has 0 bridgehead atoms. The van der Waals surface area contributed by atoms with Crippen LogP contribution in [-0.2, 0) is 16.0 Å². The largest absolute Gasteiger partial charge is 0.360 e. The first kappa shape index (κ1) is 18.5. The van der Waals surface area contributed by atoms with Gasteiger partial charge in [-0.15, -0.1) is 0 Å². The van der Waals surface area contributed by atoms with Crippen molar-refractivity contribution >= 4 is 29.2 Å². The molecule has 3 rings (SSSR count). The molecule has 2 amide bonds. The molecule has 1 aliphatic heterocycles. The number of amides is 2. The fraction of sp³-hybridized carbons (Fsp3) is 0.421. The van der Waals surface area contributed by atoms with Gasteiger partial charge in [-0.05, 0) is 50.3 Å². The van der Waals surface area contributed by atoms with Crippen molar-refractivity contribution in [2.45, 2.75) is 45.1 Å². The smallest absolute Gasteiger partial charge is 0.248 e. The lowest BCUT2D eigenvalue weighted by Gasteiger charge is -2.23. The molecular formula is C19H22ClN3O3. The van der Waals surface area contributed by atoms with Crippen LogP contribution in [0, 0.1) is 6.92 Å². The van der Waals surface area contributed by atoms with Crippen LogP contribution in [-0.4, -0.2) is 34.5 Å². The van der Waals surface area contributed by atoms with Crippen LogP contribution >= 0.6 is 11.6 Å². The van der Waals surface area contributed by atoms with Crippen LogP contribution in [0.1, 0.15) is 37.0 Å². The van der Waals surface area contributed by atoms with Gasteiger partial charge in [0.05, 0.1) is 0 Å². The lowest BCUT2D eigenvalue weighted by Crippen LogP contribution is -2.43. The monoisotopic (exact) mass is 375 g/mol. The summed E-state index contributed by atoms with van der Waals surface area (Å²) in [5.41, 5.74) is 1.15. The van der Waals surface area contributed by atoms with Gasteiger partial charge in [0, 0.05) is 24.1 Å². The van der Waals surface area contributed by atoms with E-state index in [1.807, 2.05) is 24.3 Å². The summed E-state index contributed by atoms with van der Waals surface area (Å²) in [5.74, 6) is 0.825. The summed E-state index contributed by atoms with van der Waals surface area (Å²) in [6.45, 7) is 2.38. The molecule has 6 nitrogen and oxygen atoms in total. The van der Waals surface area contributed by atoms with Crippen LogP contribution in [0.25, 0.3) is 0 Å². The average molecular weight is 376 g/mol. The summed E-state index contributed by atoms with van der Waals surface area (Å²) in [7, 11) is 0. The summed E-state index contributed by atoms with van der Waals surface area (Å²) < 4.78 is 4.95. The Morgan fingerprint density at radius 1 is 1.35 bits per heavy atom. The highest BCUT2D eigenvalue weighted by atomic mass is 35.5. The molecule has 0 spiro atoms. The molecule has 2 heterocycles. The lowest BCUT2D eigenvalue weighted by atomic mass is 10.1. The third-order valence-corrected chi connectivity index (χ3v) is 4.78. The topological polar surface area (TPSA) is 75.4 Å². The van der Waals surface area contributed by atoms with E-state index >= 15 is 0 Å². The zero-order valence-corrected chi connectivity index (χ0v) is 15.5. The fourth-order valence-corrected chi connectivity index (χ4v) is 3.34. The van der Waals surface area contributed by atoms with Gasteiger partial charge in [-0.2, -0.15) is 0 Å². The zero-order chi connectivity index (χ0) is 18.5. The highest BCUT2D eigenvalue weighted by Crippen LogP contribution is 2.21. The summed E-state index contributed by atoms with van der Waals surface area (Å²) in [6, 6.07) is 8.87. The predicted molar refractivity (Wildman–Crippen MR) is 99.0 cm³/mol. The van der Waals surface area contributed by atoms with E-state index in [4.69, 9.17) is 16.1 Å². The summed E-state index contributed by atoms with van der Waals surface area (Å²) in [5, 5.41) is 7.20. The number of benzene rings is 1. The number of hydrogen-bond acceptors (Lipinski definition) is 4. The number of nitrogens with one attached hydrogen (secondary N) is 1. The Balaban J connectivity index is 1.50. The third-order valence-electron chi connectivity index (χ3n) is 4.52. The van der Waals surface area contributed by atoms with E-state index in [0.717, 1.165) is 24.8 Å². The molecule has 1 aromatic heterocycles. The van der Waals surface area contributed by atoms with Gasteiger partial charge in [0.1, 0.15) is 11.8 Å². The summed E-state index contributed by atoms with van der Waals surface area (Å²) in [4.78, 5) is 26.7. The van der Waals surface area contributed by atoms with Gasteiger partial charge >= 0.3 is 0 Å². The molecule has 1 aliphatic rings. The quantitative estimate of drug-likeness (QED) is 0.837. The maximum Gasteiger partial charge on any atom is 0.248 e. The average Bonchev–Trinajstić information content (AvgIpc) is 3.25. The van der Waals surface area contributed by atoms with Gasteiger partial charge in [-0.3, -0.25) is 9.59 Å². The SMILES string of the molecule is Cc1cc(NC(=O)[C@@H]2CCCN2C(=O)CCCc2ccc(Cl)cc2)no1. The van der Waals surface area contributed by atoms with Crippen LogP contribution in [0.3, 0.4) is 0 Å². The van der Waals surface area contributed by atoms with Crippen LogP contribution in [0.2, 0.25) is 5.02 Å². The predicted octanol–water partition coefficient (Wildman–Crippen LogP) is 3.59. The lowest BCUT2D eigenvalue weighted by molar-refractivity contribution is -0.136. The van der Waals surface area contributed by atoms with Gasteiger partial charge in [-0.25, -0.2) is 0 Å². The molecule has 0 saturated carbocycles. The minimum Gasteiger partial charge on any atom is -0.360 e. The minimum absolute atomic E-state index is 0.0212. The fourth-order valence-electron chi connectivity index (χ4n) is 3.21. The molecule has 1 aromatic carbocycles. The molecule has 138 valence electrons. The first-order valence-corrected chi connectivity index (χ1v) is 9.19. The van der Waals surface area contributed by atoms with Gasteiger partial charge < -0.3 is 14.7 Å². The maximum atomic E-state index is 12.6. The van der Waals surface area contributed by atoms with Crippen LogP contribution < -0.4 is 5.32 Å². The Labute approximate surface area is 157 Å². The number of aryl methyl sites for hydroxylation is 2. The van der Waals surface area contributed by atoms with E-state index in [1.54, 1.807) is 17.9 Å². The molecule has 0 aliphatic carbocycles. The zero-order valence-electron chi connectivity index (χ0n) is 14.7. The Kier molecular flexibility index (Phi) is 5.93. The first-order valence-electron chi connectivity index (χ1n) is 8.81. The molecule has 1 atom stereocenters. The highest BCUT2D eigenvalue weighted by molar-refractivity contribution is 6.30. The van der Waals surface area contributed by atoms with E-state index in [9.17, 15) is 9.59 Å². The highest BCUT2D eigenvalue weighted by Gasteiger charge is 2.34. The van der Waals surface area contributed by atoms with Gasteiger partial charge in [0.2, 0.25) is 11.8 Å². The standard InChI is InChI=1S/C19H22ClN3O3/c1-13-12-17(22-26-13)21-19(25)16-5-3-11-23(16)18(24)6-2-4-14-7-9-15(20)10-8-14/h7-10,12,16H,2-6,11H2,1H3,(H,21,22,25)/t16-/m0/s1. The van der Waals surface area contributed by atoms with Crippen molar-refractivity contribution in [1.29, 1.82) is 0 Å². The summed E-state index contributed by atoms with van der Waals surface area (Å²) in [6.07, 6.45) is 3.49. The molecule has 0 radical (unpaired) electrons. The van der Waals surface area contributed by atoms with Crippen molar-refractivity contribution in [3.63, 3.8) is 0 Å². The number of halogens is 1. The number of carbonyl (C=O) groups excluding carboxylic acids is 2. The number of hydrogen-bond donors (Lipinski definition) is 1. The molecular weight excluding hydrogens is 354 g/mol. The van der Waals surface area contributed by atoms with Gasteiger partial charge in [0.15, 0.2) is 5.82 Å². The van der Waals surface area contributed by atoms with Crippen LogP contribution in [0.5, 0.6) is 0 Å². The van der Waals surface area contributed by atoms with E-state index in [-0.39, 0.29) is 11.8 Å². The second-order valence-corrected chi connectivity index (χ2v) is 6.97. The van der Waals surface area contributed by atoms with Crippen molar-refractivity contribution in [3.8, 4) is 0 Å². The van der Waals surface area contributed by atoms with E-state index < -0.39 is 6.04 Å². The number of likely N-dealkylation sites (tertiary alicyclic amines) is 1. The van der Waals surface area contributed by atoms with Crippen LogP contribution in [0.4, 0.5) is 5.82 Å². The number of aromatic nitrogens is 1. The van der Waals surface area contributed by atoms with Crippen molar-refractivity contribution in [3.05, 3.63) is 46.7 Å². The molecule has 2 aromatic rings. The van der Waals surface area contributed by atoms with Crippen molar-refractivity contribution in [2.75, 3.05) is 11.9 Å². The Morgan fingerprint density at radius 2 is 2.12 bits per heavy atom. The second-order valence-electron chi connectivity index (χ2n) is 6.54. The van der Waals surface area contributed by atoms with Gasteiger partial charge in [-0.1, -0.05) is 28.9 Å². The Bertz CT molecular complexity index is 773. The third kappa shape index (κ3) is 4.64. The number of anilines is 1. The number of carbonyl (C=O) groups is 2. The molecule has 0 unspecified atom stereocenters. The second kappa shape index (κ2) is 8.36. The molecule has 1 saturated heterocycles.